The topological polar surface area (TPSA) is 74.7 Å². The quantitative estimate of drug-likeness (QED) is 0.751. The van der Waals surface area contributed by atoms with Gasteiger partial charge in [0.25, 0.3) is 0 Å². The van der Waals surface area contributed by atoms with Crippen molar-refractivity contribution in [3.63, 3.8) is 0 Å². The molecule has 5 nitrogen and oxygen atoms in total. The summed E-state index contributed by atoms with van der Waals surface area (Å²) in [5.41, 5.74) is 4.14. The van der Waals surface area contributed by atoms with Crippen LogP contribution in [0.15, 0.2) is 48.5 Å². The van der Waals surface area contributed by atoms with E-state index in [9.17, 15) is 5.11 Å². The molecule has 0 unspecified atom stereocenters. The van der Waals surface area contributed by atoms with Crippen molar-refractivity contribution in [2.45, 2.75) is 19.4 Å². The van der Waals surface area contributed by atoms with Gasteiger partial charge in [-0.2, -0.15) is 5.21 Å². The summed E-state index contributed by atoms with van der Waals surface area (Å²) < 4.78 is 0. The number of tetrazole rings is 1. The lowest BCUT2D eigenvalue weighted by Gasteiger charge is -2.07. The van der Waals surface area contributed by atoms with E-state index in [1.54, 1.807) is 0 Å². The number of aliphatic hydroxyl groups excluding tert-OH is 1. The Balaban J connectivity index is 1.82. The Morgan fingerprint density at radius 3 is 2.48 bits per heavy atom. The molecule has 1 aromatic heterocycles. The third-order valence-electron chi connectivity index (χ3n) is 3.48. The third-order valence-corrected chi connectivity index (χ3v) is 3.48. The first kappa shape index (κ1) is 13.5. The summed E-state index contributed by atoms with van der Waals surface area (Å²) in [6.45, 7) is -0.0389. The Labute approximate surface area is 122 Å². The van der Waals surface area contributed by atoms with Crippen molar-refractivity contribution < 1.29 is 5.11 Å². The minimum Gasteiger partial charge on any atom is -0.392 e. The molecule has 0 aliphatic rings. The maximum absolute atomic E-state index is 9.43. The van der Waals surface area contributed by atoms with Gasteiger partial charge in [0.2, 0.25) is 5.82 Å². The first-order chi connectivity index (χ1) is 10.4. The molecule has 0 saturated carbocycles. The molecule has 5 heteroatoms. The van der Waals surface area contributed by atoms with Crippen molar-refractivity contribution in [1.82, 2.24) is 20.6 Å². The fourth-order valence-corrected chi connectivity index (χ4v) is 2.33. The van der Waals surface area contributed by atoms with Gasteiger partial charge in [-0.1, -0.05) is 42.5 Å². The fourth-order valence-electron chi connectivity index (χ4n) is 2.33. The summed E-state index contributed by atoms with van der Waals surface area (Å²) in [4.78, 5) is 0. The second kappa shape index (κ2) is 6.28. The summed E-state index contributed by atoms with van der Waals surface area (Å²) in [7, 11) is 0. The van der Waals surface area contributed by atoms with Crippen LogP contribution >= 0.6 is 0 Å². The third kappa shape index (κ3) is 3.14. The lowest BCUT2D eigenvalue weighted by molar-refractivity contribution is 0.282. The molecule has 0 atom stereocenters. The van der Waals surface area contributed by atoms with Crippen molar-refractivity contribution in [3.05, 3.63) is 65.2 Å². The molecule has 0 bridgehead atoms. The average molecular weight is 280 g/mol. The highest BCUT2D eigenvalue weighted by atomic mass is 16.3. The zero-order valence-corrected chi connectivity index (χ0v) is 11.5. The number of nitrogens with zero attached hydrogens (tertiary/aromatic N) is 3. The highest BCUT2D eigenvalue weighted by Crippen LogP contribution is 2.22. The molecule has 1 heterocycles. The number of hydrogen-bond donors (Lipinski definition) is 2. The van der Waals surface area contributed by atoms with Crippen molar-refractivity contribution >= 4 is 0 Å². The second-order valence-corrected chi connectivity index (χ2v) is 4.87. The number of aromatic amines is 1. The van der Waals surface area contributed by atoms with Crippen LogP contribution in [0.2, 0.25) is 0 Å². The number of nitrogens with one attached hydrogen (secondary N) is 1. The normalized spacial score (nSPS) is 10.7. The van der Waals surface area contributed by atoms with E-state index in [4.69, 9.17) is 0 Å². The van der Waals surface area contributed by atoms with Crippen LogP contribution in [-0.4, -0.2) is 25.7 Å². The van der Waals surface area contributed by atoms with E-state index in [-0.39, 0.29) is 6.61 Å². The fraction of sp³-hybridized carbons (Fsp3) is 0.188. The van der Waals surface area contributed by atoms with Gasteiger partial charge in [-0.15, -0.1) is 10.2 Å². The lowest BCUT2D eigenvalue weighted by Crippen LogP contribution is -1.96. The predicted octanol–water partition coefficient (Wildman–Crippen LogP) is 2.14. The molecule has 106 valence electrons. The van der Waals surface area contributed by atoms with Crippen LogP contribution < -0.4 is 0 Å². The molecule has 0 fully saturated rings. The van der Waals surface area contributed by atoms with Crippen LogP contribution in [-0.2, 0) is 19.4 Å². The van der Waals surface area contributed by atoms with Crippen LogP contribution in [0.25, 0.3) is 11.4 Å². The van der Waals surface area contributed by atoms with E-state index < -0.39 is 0 Å². The molecule has 0 amide bonds. The summed E-state index contributed by atoms with van der Waals surface area (Å²) >= 11 is 0. The SMILES string of the molecule is OCc1ccc(CCc2ccccc2)cc1-c1nn[nH]n1. The van der Waals surface area contributed by atoms with Gasteiger partial charge in [-0.05, 0) is 40.8 Å². The van der Waals surface area contributed by atoms with Crippen LogP contribution in [0.4, 0.5) is 0 Å². The minimum atomic E-state index is -0.0389. The maximum atomic E-state index is 9.43. The first-order valence-electron chi connectivity index (χ1n) is 6.87. The Bertz CT molecular complexity index is 696. The van der Waals surface area contributed by atoms with Gasteiger partial charge >= 0.3 is 0 Å². The molecule has 0 aliphatic carbocycles. The number of aliphatic hydroxyl groups is 1. The number of H-pyrrole nitrogens is 1. The van der Waals surface area contributed by atoms with E-state index >= 15 is 0 Å². The van der Waals surface area contributed by atoms with E-state index in [1.807, 2.05) is 24.3 Å². The molecule has 2 aromatic carbocycles. The highest BCUT2D eigenvalue weighted by molar-refractivity contribution is 5.60. The molecule has 3 rings (SSSR count). The number of benzene rings is 2. The minimum absolute atomic E-state index is 0.0389. The standard InChI is InChI=1S/C16H16N4O/c21-11-14-9-8-13(7-6-12-4-2-1-3-5-12)10-15(14)16-17-19-20-18-16/h1-5,8-10,21H,6-7,11H2,(H,17,18,19,20). The number of hydrogen-bond acceptors (Lipinski definition) is 4. The summed E-state index contributed by atoms with van der Waals surface area (Å²) in [5, 5.41) is 23.4. The molecule has 21 heavy (non-hydrogen) atoms. The molecule has 0 aliphatic heterocycles. The summed E-state index contributed by atoms with van der Waals surface area (Å²) in [6.07, 6.45) is 1.91. The second-order valence-electron chi connectivity index (χ2n) is 4.87. The zero-order valence-electron chi connectivity index (χ0n) is 11.5. The van der Waals surface area contributed by atoms with Crippen LogP contribution in [0, 0.1) is 0 Å². The summed E-state index contributed by atoms with van der Waals surface area (Å²) in [6, 6.07) is 16.4. The molecule has 2 N–H and O–H groups in total. The van der Waals surface area contributed by atoms with Gasteiger partial charge in [0, 0.05) is 5.56 Å². The lowest BCUT2D eigenvalue weighted by atomic mass is 9.99. The Kier molecular flexibility index (Phi) is 4.02. The molecule has 0 radical (unpaired) electrons. The number of aromatic nitrogens is 4. The van der Waals surface area contributed by atoms with Crippen LogP contribution in [0.1, 0.15) is 16.7 Å². The first-order valence-corrected chi connectivity index (χ1v) is 6.87. The Morgan fingerprint density at radius 2 is 1.76 bits per heavy atom. The number of aryl methyl sites for hydroxylation is 2. The maximum Gasteiger partial charge on any atom is 0.205 e. The molecule has 3 aromatic rings. The van der Waals surface area contributed by atoms with Gasteiger partial charge in [0.05, 0.1) is 6.61 Å². The van der Waals surface area contributed by atoms with Crippen molar-refractivity contribution in [2.24, 2.45) is 0 Å². The molecular weight excluding hydrogens is 264 g/mol. The molecule has 0 saturated heterocycles. The highest BCUT2D eigenvalue weighted by Gasteiger charge is 2.10. The van der Waals surface area contributed by atoms with E-state index in [1.165, 1.54) is 11.1 Å². The van der Waals surface area contributed by atoms with Gasteiger partial charge in [-0.25, -0.2) is 0 Å². The van der Waals surface area contributed by atoms with Gasteiger partial charge in [0.15, 0.2) is 0 Å². The Morgan fingerprint density at radius 1 is 0.952 bits per heavy atom. The van der Waals surface area contributed by atoms with Gasteiger partial charge in [0.1, 0.15) is 0 Å². The van der Waals surface area contributed by atoms with E-state index in [0.717, 1.165) is 24.0 Å². The Hall–Kier alpha value is -2.53. The zero-order chi connectivity index (χ0) is 14.5. The van der Waals surface area contributed by atoms with Crippen molar-refractivity contribution in [2.75, 3.05) is 0 Å². The largest absolute Gasteiger partial charge is 0.392 e. The van der Waals surface area contributed by atoms with Crippen molar-refractivity contribution in [1.29, 1.82) is 0 Å². The molecule has 0 spiro atoms. The summed E-state index contributed by atoms with van der Waals surface area (Å²) in [5.74, 6) is 0.514. The van der Waals surface area contributed by atoms with E-state index in [0.29, 0.717) is 5.82 Å². The van der Waals surface area contributed by atoms with E-state index in [2.05, 4.69) is 44.9 Å². The average Bonchev–Trinajstić information content (AvgIpc) is 3.08. The smallest absolute Gasteiger partial charge is 0.205 e. The van der Waals surface area contributed by atoms with Gasteiger partial charge < -0.3 is 5.11 Å². The predicted molar refractivity (Wildman–Crippen MR) is 79.4 cm³/mol. The van der Waals surface area contributed by atoms with Crippen LogP contribution in [0.5, 0.6) is 0 Å². The molecular formula is C16H16N4O. The monoisotopic (exact) mass is 280 g/mol. The van der Waals surface area contributed by atoms with Gasteiger partial charge in [-0.3, -0.25) is 0 Å². The number of rotatable bonds is 5. The van der Waals surface area contributed by atoms with Crippen molar-refractivity contribution in [3.8, 4) is 11.4 Å². The van der Waals surface area contributed by atoms with Crippen LogP contribution in [0.3, 0.4) is 0 Å².